The van der Waals surface area contributed by atoms with Crippen LogP contribution in [0, 0.1) is 19.8 Å². The van der Waals surface area contributed by atoms with Crippen molar-refractivity contribution in [3.05, 3.63) is 53.6 Å². The summed E-state index contributed by atoms with van der Waals surface area (Å²) in [6.45, 7) is 9.17. The number of benzene rings is 2. The van der Waals surface area contributed by atoms with E-state index in [1.165, 1.54) is 17.3 Å². The highest BCUT2D eigenvalue weighted by atomic mass is 32.2. The molecule has 0 saturated carbocycles. The Bertz CT molecular complexity index is 1010. The molecule has 0 atom stereocenters. The molecule has 0 aliphatic rings. The second kappa shape index (κ2) is 9.80. The van der Waals surface area contributed by atoms with Crippen LogP contribution in [0.25, 0.3) is 11.4 Å². The number of hydrogen-bond donors (Lipinski definition) is 1. The predicted molar refractivity (Wildman–Crippen MR) is 122 cm³/mol. The van der Waals surface area contributed by atoms with Crippen LogP contribution in [-0.4, -0.2) is 33.5 Å². The summed E-state index contributed by atoms with van der Waals surface area (Å²) in [5, 5.41) is 12.5. The molecule has 0 spiro atoms. The van der Waals surface area contributed by atoms with Crippen molar-refractivity contribution in [1.29, 1.82) is 0 Å². The minimum absolute atomic E-state index is 0.0617. The minimum atomic E-state index is -0.0617. The number of nitrogens with one attached hydrogen (secondary N) is 1. The van der Waals surface area contributed by atoms with Gasteiger partial charge in [-0.25, -0.2) is 0 Å². The third-order valence-corrected chi connectivity index (χ3v) is 5.70. The number of anilines is 1. The molecule has 0 aliphatic carbocycles. The van der Waals surface area contributed by atoms with Crippen molar-refractivity contribution in [2.24, 2.45) is 5.92 Å². The van der Waals surface area contributed by atoms with E-state index in [9.17, 15) is 4.79 Å². The van der Waals surface area contributed by atoms with Gasteiger partial charge in [0, 0.05) is 17.8 Å². The Balaban J connectivity index is 1.73. The number of thioether (sulfide) groups is 1. The van der Waals surface area contributed by atoms with Crippen LogP contribution < -0.4 is 10.1 Å². The number of aromatic nitrogens is 3. The zero-order chi connectivity index (χ0) is 21.7. The van der Waals surface area contributed by atoms with Gasteiger partial charge in [-0.1, -0.05) is 31.7 Å². The molecule has 7 heteroatoms. The molecule has 1 aromatic heterocycles. The monoisotopic (exact) mass is 424 g/mol. The normalized spacial score (nSPS) is 11.0. The predicted octanol–water partition coefficient (Wildman–Crippen LogP) is 4.96. The van der Waals surface area contributed by atoms with Gasteiger partial charge < -0.3 is 14.6 Å². The van der Waals surface area contributed by atoms with Crippen LogP contribution in [-0.2, 0) is 11.3 Å². The molecule has 0 unspecified atom stereocenters. The first-order chi connectivity index (χ1) is 14.4. The molecule has 0 aliphatic heterocycles. The summed E-state index contributed by atoms with van der Waals surface area (Å²) in [6.07, 6.45) is 0. The minimum Gasteiger partial charge on any atom is -0.497 e. The van der Waals surface area contributed by atoms with Crippen LogP contribution in [0.15, 0.2) is 47.6 Å². The molecular formula is C23H28N4O2S. The number of ether oxygens (including phenoxy) is 1. The van der Waals surface area contributed by atoms with Crippen LogP contribution in [0.1, 0.15) is 25.0 Å². The van der Waals surface area contributed by atoms with Gasteiger partial charge in [0.1, 0.15) is 5.75 Å². The van der Waals surface area contributed by atoms with Crippen LogP contribution in [0.3, 0.4) is 0 Å². The van der Waals surface area contributed by atoms with Gasteiger partial charge >= 0.3 is 0 Å². The van der Waals surface area contributed by atoms with Gasteiger partial charge in [-0.2, -0.15) is 0 Å². The number of nitrogens with zero attached hydrogens (tertiary/aromatic N) is 3. The van der Waals surface area contributed by atoms with Gasteiger partial charge in [-0.05, 0) is 67.3 Å². The van der Waals surface area contributed by atoms with E-state index in [1.54, 1.807) is 7.11 Å². The first kappa shape index (κ1) is 21.9. The molecule has 6 nitrogen and oxygen atoms in total. The second-order valence-electron chi connectivity index (χ2n) is 7.68. The Morgan fingerprint density at radius 2 is 1.83 bits per heavy atom. The van der Waals surface area contributed by atoms with E-state index in [0.29, 0.717) is 5.92 Å². The maximum absolute atomic E-state index is 12.5. The van der Waals surface area contributed by atoms with Crippen molar-refractivity contribution < 1.29 is 9.53 Å². The van der Waals surface area contributed by atoms with Crippen LogP contribution in [0.4, 0.5) is 5.69 Å². The molecule has 30 heavy (non-hydrogen) atoms. The highest BCUT2D eigenvalue weighted by Gasteiger charge is 2.17. The highest BCUT2D eigenvalue weighted by Crippen LogP contribution is 2.27. The smallest absolute Gasteiger partial charge is 0.234 e. The molecule has 1 heterocycles. The van der Waals surface area contributed by atoms with Crippen molar-refractivity contribution >= 4 is 23.4 Å². The van der Waals surface area contributed by atoms with Gasteiger partial charge in [-0.15, -0.1) is 10.2 Å². The number of hydrogen-bond acceptors (Lipinski definition) is 5. The van der Waals surface area contributed by atoms with Crippen molar-refractivity contribution in [3.63, 3.8) is 0 Å². The van der Waals surface area contributed by atoms with Gasteiger partial charge in [0.05, 0.1) is 12.9 Å². The van der Waals surface area contributed by atoms with Crippen molar-refractivity contribution in [1.82, 2.24) is 14.8 Å². The van der Waals surface area contributed by atoms with Gasteiger partial charge in [0.2, 0.25) is 5.91 Å². The standard InChI is InChI=1S/C23H28N4O2S/c1-15(2)13-27-22(18-7-10-20(29-5)11-8-18)25-26-23(27)30-14-21(28)24-19-9-6-16(3)17(4)12-19/h6-12,15H,13-14H2,1-5H3,(H,24,28). The van der Waals surface area contributed by atoms with Gasteiger partial charge in [0.15, 0.2) is 11.0 Å². The lowest BCUT2D eigenvalue weighted by molar-refractivity contribution is -0.113. The Kier molecular flexibility index (Phi) is 7.15. The molecule has 158 valence electrons. The lowest BCUT2D eigenvalue weighted by atomic mass is 10.1. The summed E-state index contributed by atoms with van der Waals surface area (Å²) < 4.78 is 7.33. The van der Waals surface area contributed by atoms with E-state index < -0.39 is 0 Å². The first-order valence-corrected chi connectivity index (χ1v) is 10.9. The maximum Gasteiger partial charge on any atom is 0.234 e. The van der Waals surface area contributed by atoms with Crippen molar-refractivity contribution in [2.75, 3.05) is 18.2 Å². The molecule has 0 bridgehead atoms. The Morgan fingerprint density at radius 1 is 1.10 bits per heavy atom. The van der Waals surface area contributed by atoms with Gasteiger partial charge in [0.25, 0.3) is 0 Å². The summed E-state index contributed by atoms with van der Waals surface area (Å²) in [7, 11) is 1.65. The average Bonchev–Trinajstić information content (AvgIpc) is 3.11. The summed E-state index contributed by atoms with van der Waals surface area (Å²) in [5.41, 5.74) is 4.14. The zero-order valence-corrected chi connectivity index (χ0v) is 18.9. The van der Waals surface area contributed by atoms with Crippen molar-refractivity contribution in [3.8, 4) is 17.1 Å². The van der Waals surface area contributed by atoms with E-state index >= 15 is 0 Å². The molecule has 3 rings (SSSR count). The number of amides is 1. The molecule has 0 fully saturated rings. The van der Waals surface area contributed by atoms with E-state index in [4.69, 9.17) is 4.74 Å². The number of carbonyl (C=O) groups is 1. The number of aryl methyl sites for hydroxylation is 2. The fourth-order valence-corrected chi connectivity index (χ4v) is 3.77. The fraction of sp³-hybridized carbons (Fsp3) is 0.348. The lowest BCUT2D eigenvalue weighted by Crippen LogP contribution is -2.15. The third kappa shape index (κ3) is 5.42. The quantitative estimate of drug-likeness (QED) is 0.518. The maximum atomic E-state index is 12.5. The highest BCUT2D eigenvalue weighted by molar-refractivity contribution is 7.99. The number of methoxy groups -OCH3 is 1. The SMILES string of the molecule is COc1ccc(-c2nnc(SCC(=O)Nc3ccc(C)c(C)c3)n2CC(C)C)cc1. The lowest BCUT2D eigenvalue weighted by Gasteiger charge is -2.13. The molecule has 0 saturated heterocycles. The molecule has 1 N–H and O–H groups in total. The fourth-order valence-electron chi connectivity index (χ4n) is 3.03. The first-order valence-electron chi connectivity index (χ1n) is 9.95. The molecule has 2 aromatic carbocycles. The number of carbonyl (C=O) groups excluding carboxylic acids is 1. The zero-order valence-electron chi connectivity index (χ0n) is 18.1. The van der Waals surface area contributed by atoms with E-state index in [1.807, 2.05) is 49.4 Å². The molecule has 0 radical (unpaired) electrons. The Labute approximate surface area is 182 Å². The van der Waals surface area contributed by atoms with E-state index in [0.717, 1.165) is 40.1 Å². The van der Waals surface area contributed by atoms with Crippen LogP contribution in [0.5, 0.6) is 5.75 Å². The van der Waals surface area contributed by atoms with Crippen molar-refractivity contribution in [2.45, 2.75) is 39.4 Å². The third-order valence-electron chi connectivity index (χ3n) is 4.74. The molecule has 1 amide bonds. The summed E-state index contributed by atoms with van der Waals surface area (Å²) >= 11 is 1.40. The Hall–Kier alpha value is -2.80. The Morgan fingerprint density at radius 3 is 2.47 bits per heavy atom. The largest absolute Gasteiger partial charge is 0.497 e. The number of rotatable bonds is 8. The van der Waals surface area contributed by atoms with E-state index in [-0.39, 0.29) is 11.7 Å². The topological polar surface area (TPSA) is 69.0 Å². The second-order valence-corrected chi connectivity index (χ2v) is 8.62. The van der Waals surface area contributed by atoms with Crippen LogP contribution >= 0.6 is 11.8 Å². The average molecular weight is 425 g/mol. The van der Waals surface area contributed by atoms with Crippen LogP contribution in [0.2, 0.25) is 0 Å². The van der Waals surface area contributed by atoms with E-state index in [2.05, 4.69) is 40.9 Å². The molecule has 3 aromatic rings. The summed E-state index contributed by atoms with van der Waals surface area (Å²) in [6, 6.07) is 13.7. The summed E-state index contributed by atoms with van der Waals surface area (Å²) in [5.74, 6) is 2.22. The summed E-state index contributed by atoms with van der Waals surface area (Å²) in [4.78, 5) is 12.5. The van der Waals surface area contributed by atoms with Gasteiger partial charge in [-0.3, -0.25) is 4.79 Å². The molecular weight excluding hydrogens is 396 g/mol.